The van der Waals surface area contributed by atoms with Crippen molar-refractivity contribution in [3.05, 3.63) is 177 Å². The first-order valence-electron chi connectivity index (χ1n) is 35.4. The van der Waals surface area contributed by atoms with Crippen LogP contribution in [0.3, 0.4) is 0 Å². The fraction of sp³-hybridized carbons (Fsp3) is 0.539. The van der Waals surface area contributed by atoms with E-state index in [0.717, 1.165) is 42.8 Å². The summed E-state index contributed by atoms with van der Waals surface area (Å²) in [5.41, 5.74) is 8.88. The van der Waals surface area contributed by atoms with E-state index >= 15 is 0 Å². The molecule has 1 saturated heterocycles. The first kappa shape index (κ1) is 101. The topological polar surface area (TPSA) is 196 Å². The molecule has 16 nitrogen and oxygen atoms in total. The Morgan fingerprint density at radius 2 is 0.792 bits per heavy atom. The van der Waals surface area contributed by atoms with Crippen LogP contribution in [-0.2, 0) is 57.1 Å². The number of carbonyl (C=O) groups excluding carboxylic acids is 5. The Kier molecular flexibility index (Phi) is 51.8. The molecule has 25 heteroatoms. The fourth-order valence-electron chi connectivity index (χ4n) is 11.5. The SMILES string of the molecule is CCCC[N+](C)(C)Cc1ccc([C](=O)[Ge]([CH2]C)([CH2]C)[C](=O)c2ccc(C[N+](C)(C)CCCS(=O)(=O)[O-])cc2)cc1.CN(C)Cc1ccc(C(=O)Cl)cc1.C[CH2][GeH2][CH2]C.C[CH2][Ge]([CH2]C)([C](=O)c1ccc(CN(C)C)cc1)[C](=O)c1ccc(CN(C)C)cc1.C[CH2][Ge][CH2]C.O=S1(=O)CCCO1.[Li].[Li]. The van der Waals surface area contributed by atoms with Crippen molar-refractivity contribution in [1.82, 2.24) is 14.7 Å². The molecule has 0 amide bonds. The maximum atomic E-state index is 13.9. The Morgan fingerprint density at radius 3 is 0.980 bits per heavy atom. The van der Waals surface area contributed by atoms with Crippen molar-refractivity contribution < 1.29 is 58.5 Å². The van der Waals surface area contributed by atoms with Gasteiger partial charge in [-0.05, 0) is 49.8 Å². The summed E-state index contributed by atoms with van der Waals surface area (Å²) in [7, 11) is 13.3. The number of unbranched alkanes of at least 4 members (excludes halogenated alkanes) is 1. The predicted molar refractivity (Wildman–Crippen MR) is 433 cm³/mol. The van der Waals surface area contributed by atoms with E-state index in [1.807, 2.05) is 193 Å². The molecule has 6 rings (SSSR count). The summed E-state index contributed by atoms with van der Waals surface area (Å²) in [4.78, 5) is 71.9. The third-order valence-corrected chi connectivity index (χ3v) is 44.4. The minimum Gasteiger partial charge on any atom is -0.270 e. The van der Waals surface area contributed by atoms with Gasteiger partial charge in [0.2, 0.25) is 0 Å². The second kappa shape index (κ2) is 51.9. The van der Waals surface area contributed by atoms with Crippen molar-refractivity contribution in [2.75, 3.05) is 102 Å². The monoisotopic (exact) mass is 1690 g/mol. The number of hydrogen-bond acceptors (Lipinski definition) is 14. The Bertz CT molecular complexity index is 3330. The van der Waals surface area contributed by atoms with Gasteiger partial charge in [0.25, 0.3) is 15.4 Å². The summed E-state index contributed by atoms with van der Waals surface area (Å²) < 4.78 is 59.2. The van der Waals surface area contributed by atoms with Gasteiger partial charge in [-0.15, -0.1) is 0 Å². The Morgan fingerprint density at radius 1 is 0.505 bits per heavy atom. The Labute approximate surface area is 658 Å². The molecule has 5 aromatic carbocycles. The fourth-order valence-corrected chi connectivity index (χ4v) is 30.0. The second-order valence-corrected chi connectivity index (χ2v) is 59.9. The molecule has 1 aliphatic heterocycles. The second-order valence-electron chi connectivity index (χ2n) is 27.7. The normalized spacial score (nSPS) is 12.6. The van der Waals surface area contributed by atoms with Gasteiger partial charge in [-0.1, -0.05) is 12.1 Å². The molecule has 1 fully saturated rings. The number of rotatable bonds is 34. The number of carbonyl (C=O) groups is 5. The number of hydrogen-bond donors (Lipinski definition) is 0. The zero-order valence-electron chi connectivity index (χ0n) is 65.7. The molecule has 0 aromatic heterocycles. The minimum atomic E-state index is -4.21. The van der Waals surface area contributed by atoms with Crippen LogP contribution in [0.4, 0.5) is 0 Å². The molecule has 0 saturated carbocycles. The number of nitrogens with zero attached hydrogens (tertiary/aromatic N) is 5. The minimum absolute atomic E-state index is 0. The van der Waals surface area contributed by atoms with Gasteiger partial charge in [0.15, 0.2) is 0 Å². The van der Waals surface area contributed by atoms with Crippen molar-refractivity contribution in [2.24, 2.45) is 0 Å². The first-order chi connectivity index (χ1) is 46.4. The van der Waals surface area contributed by atoms with Gasteiger partial charge < -0.3 is 4.90 Å². The van der Waals surface area contributed by atoms with Crippen LogP contribution >= 0.6 is 11.6 Å². The van der Waals surface area contributed by atoms with Crippen molar-refractivity contribution in [1.29, 1.82) is 0 Å². The van der Waals surface area contributed by atoms with E-state index in [9.17, 15) is 45.4 Å². The summed E-state index contributed by atoms with van der Waals surface area (Å²) in [6, 6.07) is 38.4. The molecule has 5 aromatic rings. The Balaban J connectivity index is 0. The van der Waals surface area contributed by atoms with Crippen LogP contribution in [0.15, 0.2) is 121 Å². The van der Waals surface area contributed by atoms with Crippen LogP contribution in [-0.4, -0.2) is 266 Å². The molecular formula is C76H123ClGe4Li2N5O11S2+. The molecule has 0 N–H and O–H groups in total. The van der Waals surface area contributed by atoms with Crippen molar-refractivity contribution in [2.45, 2.75) is 163 Å². The van der Waals surface area contributed by atoms with E-state index in [1.54, 1.807) is 12.1 Å². The summed E-state index contributed by atoms with van der Waals surface area (Å²) in [5.74, 6) is -0.162. The third kappa shape index (κ3) is 38.9. The zero-order chi connectivity index (χ0) is 75.2. The van der Waals surface area contributed by atoms with Crippen molar-refractivity contribution >= 4 is 151 Å². The molecule has 101 heavy (non-hydrogen) atoms. The number of halogens is 1. The third-order valence-electron chi connectivity index (χ3n) is 17.2. The van der Waals surface area contributed by atoms with Crippen molar-refractivity contribution in [3.8, 4) is 0 Å². The van der Waals surface area contributed by atoms with Crippen LogP contribution in [0, 0.1) is 0 Å². The largest absolute Gasteiger partial charge is 0.270 e. The molecule has 0 aliphatic carbocycles. The maximum absolute atomic E-state index is 13.9. The van der Waals surface area contributed by atoms with Crippen LogP contribution in [0.25, 0.3) is 0 Å². The standard InChI is InChI=1S/C31H49GeN2O5S.C24H34GeN2O2.C10H12ClNO.C4H12Ge.C4H10Ge.C3H6O3S.2Li/c1-8-11-21-33(4,5)24-26-13-17-28(18-14-26)30(35)32(9-2,10-3)31(36)29-19-15-27(16-20-29)25-34(6,7)22-12-23-40(37,38)39;1-7-25(8-2,23(28)21-13-9-19(10-14-21)17-26(3)4)24(29)22-15-11-20(12-16-22)18-27(5)6;1-12(2)7-8-3-5-9(6-4-8)10(11)13;2*1-3-5-4-2;4-7(5)3-1-2-6-7;;/h13-20H,8-12,21-25H2,1-7H3;9-16H,7-8,17-18H2,1-6H3;3-6H,7H2,1-2H3;3-5H2,1-2H3;3-4H2,1-2H3;1-3H2;;/q+1;;;;;;;. The van der Waals surface area contributed by atoms with Crippen LogP contribution in [0.2, 0.25) is 42.0 Å². The quantitative estimate of drug-likeness (QED) is 0.0124. The average molecular weight is 1690 g/mol. The Hall–Kier alpha value is -2.27. The van der Waals surface area contributed by atoms with Gasteiger partial charge in [-0.2, -0.15) is 8.42 Å². The zero-order valence-corrected chi connectivity index (χ0v) is 77.4. The summed E-state index contributed by atoms with van der Waals surface area (Å²) in [5, 5.41) is 8.15. The van der Waals surface area contributed by atoms with Gasteiger partial charge in [0.05, 0.1) is 12.4 Å². The first-order valence-corrected chi connectivity index (χ1v) is 56.2. The molecule has 0 spiro atoms. The predicted octanol–water partition coefficient (Wildman–Crippen LogP) is 13.4. The van der Waals surface area contributed by atoms with Gasteiger partial charge in [-0.3, -0.25) is 8.98 Å². The molecular weight excluding hydrogens is 1560 g/mol. The summed E-state index contributed by atoms with van der Waals surface area (Å²) in [6.07, 6.45) is 3.31. The van der Waals surface area contributed by atoms with Crippen LogP contribution in [0.1, 0.15) is 168 Å². The maximum Gasteiger partial charge on any atom is 0.267 e. The molecule has 0 bridgehead atoms. The molecule has 0 unspecified atom stereocenters. The molecule has 4 radical (unpaired) electrons. The summed E-state index contributed by atoms with van der Waals surface area (Å²) in [6.45, 7) is 25.4. The average Bonchev–Trinajstić information content (AvgIpc) is 1.09. The van der Waals surface area contributed by atoms with Gasteiger partial charge in [-0.25, -0.2) is 0 Å². The summed E-state index contributed by atoms with van der Waals surface area (Å²) >= 11 is -1.16. The van der Waals surface area contributed by atoms with Gasteiger partial charge in [0.1, 0.15) is 0 Å². The van der Waals surface area contributed by atoms with E-state index in [-0.39, 0.29) is 83.1 Å². The van der Waals surface area contributed by atoms with E-state index in [2.05, 4.69) is 67.6 Å². The van der Waals surface area contributed by atoms with Gasteiger partial charge >= 0.3 is 503 Å². The molecule has 1 heterocycles. The van der Waals surface area contributed by atoms with Gasteiger partial charge in [0, 0.05) is 49.8 Å². The van der Waals surface area contributed by atoms with E-state index in [4.69, 9.17) is 11.6 Å². The van der Waals surface area contributed by atoms with E-state index in [1.165, 1.54) is 56.1 Å². The van der Waals surface area contributed by atoms with E-state index < -0.39 is 52.0 Å². The number of benzene rings is 5. The molecule has 554 valence electrons. The van der Waals surface area contributed by atoms with Crippen LogP contribution < -0.4 is 0 Å². The number of quaternary nitrogens is 2. The van der Waals surface area contributed by atoms with E-state index in [0.29, 0.717) is 101 Å². The van der Waals surface area contributed by atoms with Crippen molar-refractivity contribution in [3.63, 3.8) is 0 Å². The molecule has 0 atom stereocenters. The molecule has 1 aliphatic rings. The van der Waals surface area contributed by atoms with Crippen LogP contribution in [0.5, 0.6) is 0 Å². The smallest absolute Gasteiger partial charge is 0.267 e.